The lowest BCUT2D eigenvalue weighted by atomic mass is 9.87. The van der Waals surface area contributed by atoms with Crippen molar-refractivity contribution < 1.29 is 9.59 Å². The standard InChI is InChI=1S/C22H21N5O4/c23-17-18(26-22(31)27-20(17)29)21(30)25-16-8-4-7-13-11-14(9-10-15(13)16)24-19(28)12-5-2-1-3-6-12/h1-3,5-6,9-11,16H,4,7-8,23H2,(H,24,28)(H,25,30)(H2,26,27,29,31)/t16-/m1/s1. The first-order valence-corrected chi connectivity index (χ1v) is 9.84. The second kappa shape index (κ2) is 8.31. The zero-order chi connectivity index (χ0) is 22.0. The maximum atomic E-state index is 12.6. The zero-order valence-electron chi connectivity index (χ0n) is 16.5. The van der Waals surface area contributed by atoms with Gasteiger partial charge in [-0.3, -0.25) is 19.4 Å². The normalized spacial score (nSPS) is 15.0. The zero-order valence-corrected chi connectivity index (χ0v) is 16.5. The number of hydrogen-bond acceptors (Lipinski definition) is 5. The Morgan fingerprint density at radius 3 is 2.55 bits per heavy atom. The van der Waals surface area contributed by atoms with E-state index < -0.39 is 17.2 Å². The summed E-state index contributed by atoms with van der Waals surface area (Å²) in [5, 5.41) is 5.73. The van der Waals surface area contributed by atoms with Crippen LogP contribution in [0.25, 0.3) is 0 Å². The molecule has 31 heavy (non-hydrogen) atoms. The minimum Gasteiger partial charge on any atom is -0.392 e. The minimum absolute atomic E-state index is 0.199. The average molecular weight is 419 g/mol. The fourth-order valence-electron chi connectivity index (χ4n) is 3.74. The third-order valence-electron chi connectivity index (χ3n) is 5.26. The molecule has 9 heteroatoms. The van der Waals surface area contributed by atoms with Crippen LogP contribution < -0.4 is 27.6 Å². The highest BCUT2D eigenvalue weighted by Gasteiger charge is 2.24. The van der Waals surface area contributed by atoms with Crippen molar-refractivity contribution >= 4 is 23.2 Å². The molecule has 3 aromatic rings. The molecule has 2 aromatic carbocycles. The molecule has 1 heterocycles. The van der Waals surface area contributed by atoms with Crippen molar-refractivity contribution in [2.75, 3.05) is 11.1 Å². The van der Waals surface area contributed by atoms with Gasteiger partial charge in [0.05, 0.1) is 6.04 Å². The molecule has 1 aliphatic carbocycles. The molecule has 2 amide bonds. The Labute approximate surface area is 176 Å². The van der Waals surface area contributed by atoms with Crippen LogP contribution in [0.3, 0.4) is 0 Å². The van der Waals surface area contributed by atoms with Crippen LogP contribution >= 0.6 is 0 Å². The van der Waals surface area contributed by atoms with Crippen LogP contribution in [-0.4, -0.2) is 21.8 Å². The number of carbonyl (C=O) groups is 2. The van der Waals surface area contributed by atoms with E-state index in [1.165, 1.54) is 0 Å². The fourth-order valence-corrected chi connectivity index (χ4v) is 3.74. The monoisotopic (exact) mass is 419 g/mol. The van der Waals surface area contributed by atoms with E-state index in [0.29, 0.717) is 17.7 Å². The van der Waals surface area contributed by atoms with Gasteiger partial charge in [0, 0.05) is 11.3 Å². The summed E-state index contributed by atoms with van der Waals surface area (Å²) in [7, 11) is 0. The van der Waals surface area contributed by atoms with Crippen LogP contribution in [0, 0.1) is 0 Å². The first kappa shape index (κ1) is 20.1. The number of hydrogen-bond donors (Lipinski definition) is 5. The van der Waals surface area contributed by atoms with Crippen molar-refractivity contribution in [3.05, 3.63) is 91.8 Å². The molecule has 9 nitrogen and oxygen atoms in total. The van der Waals surface area contributed by atoms with Gasteiger partial charge in [0.2, 0.25) is 0 Å². The number of rotatable bonds is 4. The topological polar surface area (TPSA) is 150 Å². The molecular weight excluding hydrogens is 398 g/mol. The minimum atomic E-state index is -0.809. The highest BCUT2D eigenvalue weighted by atomic mass is 16.2. The van der Waals surface area contributed by atoms with Gasteiger partial charge in [0.15, 0.2) is 0 Å². The summed E-state index contributed by atoms with van der Waals surface area (Å²) >= 11 is 0. The largest absolute Gasteiger partial charge is 0.392 e. The second-order valence-electron chi connectivity index (χ2n) is 7.35. The molecule has 0 fully saturated rings. The van der Waals surface area contributed by atoms with Crippen molar-refractivity contribution in [3.8, 4) is 0 Å². The third-order valence-corrected chi connectivity index (χ3v) is 5.26. The van der Waals surface area contributed by atoms with Crippen molar-refractivity contribution in [2.24, 2.45) is 0 Å². The number of aromatic nitrogens is 2. The molecule has 0 radical (unpaired) electrons. The lowest BCUT2D eigenvalue weighted by Gasteiger charge is -2.27. The van der Waals surface area contributed by atoms with Gasteiger partial charge >= 0.3 is 5.69 Å². The van der Waals surface area contributed by atoms with Crippen molar-refractivity contribution in [2.45, 2.75) is 25.3 Å². The molecule has 6 N–H and O–H groups in total. The smallest absolute Gasteiger partial charge is 0.326 e. The van der Waals surface area contributed by atoms with Gasteiger partial charge in [0.25, 0.3) is 17.4 Å². The molecular formula is C22H21N5O4. The maximum Gasteiger partial charge on any atom is 0.326 e. The Balaban J connectivity index is 1.54. The Bertz CT molecular complexity index is 1260. The number of nitrogens with two attached hydrogens (primary N) is 1. The van der Waals surface area contributed by atoms with E-state index in [2.05, 4.69) is 15.6 Å². The molecule has 0 aliphatic heterocycles. The number of aromatic amines is 2. The van der Waals surface area contributed by atoms with Crippen LogP contribution in [0.2, 0.25) is 0 Å². The van der Waals surface area contributed by atoms with Crippen molar-refractivity contribution in [3.63, 3.8) is 0 Å². The number of carbonyl (C=O) groups excluding carboxylic acids is 2. The predicted octanol–water partition coefficient (Wildman–Crippen LogP) is 1.71. The maximum absolute atomic E-state index is 12.6. The van der Waals surface area contributed by atoms with Crippen molar-refractivity contribution in [1.29, 1.82) is 0 Å². The summed E-state index contributed by atoms with van der Waals surface area (Å²) in [5.74, 6) is -0.824. The Hall–Kier alpha value is -4.14. The summed E-state index contributed by atoms with van der Waals surface area (Å²) < 4.78 is 0. The van der Waals surface area contributed by atoms with E-state index in [9.17, 15) is 19.2 Å². The Morgan fingerprint density at radius 1 is 1.00 bits per heavy atom. The molecule has 1 aromatic heterocycles. The molecule has 4 rings (SSSR count). The SMILES string of the molecule is Nc1c(C(=O)N[C@@H]2CCCc3cc(NC(=O)c4ccccc4)ccc32)[nH]c(=O)[nH]c1=O. The highest BCUT2D eigenvalue weighted by molar-refractivity contribution is 6.04. The predicted molar refractivity (Wildman–Crippen MR) is 116 cm³/mol. The van der Waals surface area contributed by atoms with Gasteiger partial charge in [-0.15, -0.1) is 0 Å². The summed E-state index contributed by atoms with van der Waals surface area (Å²) in [6.07, 6.45) is 2.33. The van der Waals surface area contributed by atoms with E-state index >= 15 is 0 Å². The summed E-state index contributed by atoms with van der Waals surface area (Å²) in [5.41, 5.74) is 6.61. The van der Waals surface area contributed by atoms with E-state index in [1.807, 2.05) is 23.2 Å². The molecule has 0 bridgehead atoms. The van der Waals surface area contributed by atoms with E-state index in [0.717, 1.165) is 24.0 Å². The van der Waals surface area contributed by atoms with Gasteiger partial charge < -0.3 is 21.4 Å². The van der Waals surface area contributed by atoms with Crippen LogP contribution in [0.15, 0.2) is 58.1 Å². The Kier molecular flexibility index (Phi) is 5.40. The number of H-pyrrole nitrogens is 2. The van der Waals surface area contributed by atoms with Gasteiger partial charge in [-0.1, -0.05) is 24.3 Å². The first-order chi connectivity index (χ1) is 14.9. The molecule has 0 unspecified atom stereocenters. The molecule has 158 valence electrons. The Morgan fingerprint density at radius 2 is 1.77 bits per heavy atom. The molecule has 1 aliphatic rings. The van der Waals surface area contributed by atoms with Gasteiger partial charge in [-0.05, 0) is 54.7 Å². The second-order valence-corrected chi connectivity index (χ2v) is 7.35. The van der Waals surface area contributed by atoms with Crippen LogP contribution in [-0.2, 0) is 6.42 Å². The molecule has 1 atom stereocenters. The van der Waals surface area contributed by atoms with Crippen LogP contribution in [0.4, 0.5) is 11.4 Å². The molecule has 0 saturated heterocycles. The van der Waals surface area contributed by atoms with E-state index in [4.69, 9.17) is 5.73 Å². The number of nitrogen functional groups attached to an aromatic ring is 1. The summed E-state index contributed by atoms with van der Waals surface area (Å²) in [6.45, 7) is 0. The van der Waals surface area contributed by atoms with E-state index in [-0.39, 0.29) is 23.3 Å². The first-order valence-electron chi connectivity index (χ1n) is 9.84. The number of amides is 2. The summed E-state index contributed by atoms with van der Waals surface area (Å²) in [4.78, 5) is 52.5. The highest BCUT2D eigenvalue weighted by Crippen LogP contribution is 2.32. The molecule has 0 spiro atoms. The summed E-state index contributed by atoms with van der Waals surface area (Å²) in [6, 6.07) is 14.2. The lowest BCUT2D eigenvalue weighted by Crippen LogP contribution is -2.36. The molecule has 0 saturated carbocycles. The van der Waals surface area contributed by atoms with E-state index in [1.54, 1.807) is 30.3 Å². The number of fused-ring (bicyclic) bond motifs is 1. The van der Waals surface area contributed by atoms with Crippen LogP contribution in [0.5, 0.6) is 0 Å². The average Bonchev–Trinajstić information content (AvgIpc) is 2.76. The lowest BCUT2D eigenvalue weighted by molar-refractivity contribution is 0.0927. The fraction of sp³-hybridized carbons (Fsp3) is 0.182. The van der Waals surface area contributed by atoms with Crippen LogP contribution in [0.1, 0.15) is 50.9 Å². The third kappa shape index (κ3) is 4.25. The van der Waals surface area contributed by atoms with Gasteiger partial charge in [0.1, 0.15) is 11.4 Å². The van der Waals surface area contributed by atoms with Crippen molar-refractivity contribution in [1.82, 2.24) is 15.3 Å². The number of benzene rings is 2. The number of aryl methyl sites for hydroxylation is 1. The quantitative estimate of drug-likeness (QED) is 0.436. The number of nitrogens with one attached hydrogen (secondary N) is 4. The van der Waals surface area contributed by atoms with Gasteiger partial charge in [-0.25, -0.2) is 4.79 Å². The number of anilines is 2. The van der Waals surface area contributed by atoms with Gasteiger partial charge in [-0.2, -0.15) is 0 Å².